The fourth-order valence-electron chi connectivity index (χ4n) is 6.54. The first-order valence-corrected chi connectivity index (χ1v) is 16.8. The van der Waals surface area contributed by atoms with Crippen molar-refractivity contribution in [3.63, 3.8) is 0 Å². The number of benzene rings is 3. The first kappa shape index (κ1) is 33.0. The number of ether oxygens (including phenoxy) is 2. The summed E-state index contributed by atoms with van der Waals surface area (Å²) in [5.74, 6) is -0.100. The predicted molar refractivity (Wildman–Crippen MR) is 185 cm³/mol. The number of anilines is 1. The van der Waals surface area contributed by atoms with Crippen molar-refractivity contribution in [1.82, 2.24) is 9.88 Å². The Bertz CT molecular complexity index is 1750. The van der Waals surface area contributed by atoms with Gasteiger partial charge in [0.2, 0.25) is 0 Å². The number of fused-ring (bicyclic) bond motifs is 3. The smallest absolute Gasteiger partial charge is 0.414 e. The summed E-state index contributed by atoms with van der Waals surface area (Å²) in [7, 11) is 0. The van der Waals surface area contributed by atoms with Crippen molar-refractivity contribution in [3.8, 4) is 0 Å². The van der Waals surface area contributed by atoms with Crippen LogP contribution in [0, 0.1) is 26.7 Å². The maximum atomic E-state index is 13.8. The highest BCUT2D eigenvalue weighted by atomic mass is 35.5. The topological polar surface area (TPSA) is 72.0 Å². The lowest BCUT2D eigenvalue weighted by molar-refractivity contribution is -0.0311. The molecule has 0 saturated carbocycles. The van der Waals surface area contributed by atoms with Crippen molar-refractivity contribution in [2.75, 3.05) is 24.5 Å². The van der Waals surface area contributed by atoms with Crippen molar-refractivity contribution in [1.29, 1.82) is 0 Å². The number of hydrogen-bond donors (Lipinski definition) is 0. The highest BCUT2D eigenvalue weighted by molar-refractivity contribution is 6.35. The third-order valence-corrected chi connectivity index (χ3v) is 10.1. The van der Waals surface area contributed by atoms with Gasteiger partial charge in [-0.1, -0.05) is 71.7 Å². The SMILES string of the molecule is Cc1ccc([C@H](Cc2c(Cl)cncc2Cl)OC(=O)c2cccc(CN(C(=O)O[C@H]3CN4CCC3CC4)c3ccccc3C)c2)cc1C. The maximum Gasteiger partial charge on any atom is 0.414 e. The molecular formula is C38H39Cl2N3O4. The van der Waals surface area contributed by atoms with Gasteiger partial charge in [-0.3, -0.25) is 14.8 Å². The molecule has 3 aromatic carbocycles. The molecule has 7 nitrogen and oxygen atoms in total. The largest absolute Gasteiger partial charge is 0.454 e. The quantitative estimate of drug-likeness (QED) is 0.166. The zero-order chi connectivity index (χ0) is 33.1. The normalized spacial score (nSPS) is 19.2. The van der Waals surface area contributed by atoms with Gasteiger partial charge in [-0.05, 0) is 104 Å². The summed E-state index contributed by atoms with van der Waals surface area (Å²) in [4.78, 5) is 35.7. The Morgan fingerprint density at radius 3 is 2.34 bits per heavy atom. The number of halogens is 2. The Morgan fingerprint density at radius 2 is 1.66 bits per heavy atom. The summed E-state index contributed by atoms with van der Waals surface area (Å²) < 4.78 is 12.4. The van der Waals surface area contributed by atoms with E-state index in [0.717, 1.165) is 66.0 Å². The average Bonchev–Trinajstić information content (AvgIpc) is 3.07. The number of amides is 1. The van der Waals surface area contributed by atoms with E-state index in [0.29, 0.717) is 27.1 Å². The van der Waals surface area contributed by atoms with Gasteiger partial charge in [-0.2, -0.15) is 0 Å². The van der Waals surface area contributed by atoms with Gasteiger partial charge >= 0.3 is 12.1 Å². The average molecular weight is 673 g/mol. The van der Waals surface area contributed by atoms with Gasteiger partial charge in [0.25, 0.3) is 0 Å². The maximum absolute atomic E-state index is 13.8. The molecule has 7 rings (SSSR count). The predicted octanol–water partition coefficient (Wildman–Crippen LogP) is 8.69. The number of rotatable bonds is 9. The molecule has 3 aliphatic rings. The minimum atomic E-state index is -0.650. The minimum Gasteiger partial charge on any atom is -0.454 e. The van der Waals surface area contributed by atoms with E-state index >= 15 is 0 Å². The van der Waals surface area contributed by atoms with Gasteiger partial charge in [0, 0.05) is 25.4 Å². The number of aromatic nitrogens is 1. The van der Waals surface area contributed by atoms with Crippen LogP contribution in [0.25, 0.3) is 0 Å². The van der Waals surface area contributed by atoms with Crippen molar-refractivity contribution < 1.29 is 19.1 Å². The number of piperidine rings is 3. The molecule has 0 spiro atoms. The molecule has 1 amide bonds. The van der Waals surface area contributed by atoms with E-state index in [-0.39, 0.29) is 25.2 Å². The molecule has 0 radical (unpaired) electrons. The highest BCUT2D eigenvalue weighted by Crippen LogP contribution is 2.33. The standard InChI is InChI=1S/C38H39Cl2N3O4/c1-24-11-12-29(17-26(24)3)35(19-31-32(39)20-41-21-33(31)40)46-37(44)30-9-6-8-27(18-30)22-43(34-10-5-4-7-25(34)2)38(45)47-36-23-42-15-13-28(36)14-16-42/h4-12,17-18,20-21,28,35-36H,13-16,19,22-23H2,1-3H3/t35-,36-/m0/s1. The second kappa shape index (κ2) is 14.5. The molecular weight excluding hydrogens is 633 g/mol. The molecule has 3 aliphatic heterocycles. The summed E-state index contributed by atoms with van der Waals surface area (Å²) in [6, 6.07) is 21.0. The van der Waals surface area contributed by atoms with Crippen LogP contribution >= 0.6 is 23.2 Å². The van der Waals surface area contributed by atoms with Crippen molar-refractivity contribution in [2.24, 2.45) is 5.92 Å². The Hall–Kier alpha value is -3.91. The van der Waals surface area contributed by atoms with Gasteiger partial charge in [-0.25, -0.2) is 9.59 Å². The van der Waals surface area contributed by atoms with E-state index in [4.69, 9.17) is 32.7 Å². The first-order valence-electron chi connectivity index (χ1n) is 16.1. The molecule has 4 heterocycles. The monoisotopic (exact) mass is 671 g/mol. The van der Waals surface area contributed by atoms with Crippen LogP contribution in [0.1, 0.15) is 62.7 Å². The van der Waals surface area contributed by atoms with Crippen LogP contribution in [-0.2, 0) is 22.4 Å². The lowest BCUT2D eigenvalue weighted by Crippen LogP contribution is -2.53. The number of esters is 1. The fraction of sp³-hybridized carbons (Fsp3) is 0.342. The van der Waals surface area contributed by atoms with E-state index < -0.39 is 12.1 Å². The summed E-state index contributed by atoms with van der Waals surface area (Å²) in [6.45, 7) is 9.18. The van der Waals surface area contributed by atoms with Gasteiger partial charge in [0.15, 0.2) is 0 Å². The summed E-state index contributed by atoms with van der Waals surface area (Å²) in [5, 5.41) is 0.816. The molecule has 1 aromatic heterocycles. The fourth-order valence-corrected chi connectivity index (χ4v) is 7.06. The Morgan fingerprint density at radius 1 is 0.915 bits per heavy atom. The summed E-state index contributed by atoms with van der Waals surface area (Å²) in [5.41, 5.74) is 6.59. The Kier molecular flexibility index (Phi) is 10.2. The van der Waals surface area contributed by atoms with Crippen LogP contribution in [0.2, 0.25) is 10.0 Å². The van der Waals surface area contributed by atoms with E-state index in [1.807, 2.05) is 75.4 Å². The molecule has 47 heavy (non-hydrogen) atoms. The molecule has 244 valence electrons. The zero-order valence-corrected chi connectivity index (χ0v) is 28.4. The van der Waals surface area contributed by atoms with Crippen LogP contribution in [0.15, 0.2) is 79.1 Å². The number of para-hydroxylation sites is 1. The van der Waals surface area contributed by atoms with E-state index in [9.17, 15) is 9.59 Å². The molecule has 0 N–H and O–H groups in total. The van der Waals surface area contributed by atoms with Crippen LogP contribution in [0.3, 0.4) is 0 Å². The van der Waals surface area contributed by atoms with Crippen molar-refractivity contribution in [3.05, 3.63) is 128 Å². The molecule has 9 heteroatoms. The van der Waals surface area contributed by atoms with E-state index in [2.05, 4.69) is 9.88 Å². The molecule has 0 unspecified atom stereocenters. The second-order valence-corrected chi connectivity index (χ2v) is 13.5. The second-order valence-electron chi connectivity index (χ2n) is 12.7. The van der Waals surface area contributed by atoms with Crippen LogP contribution < -0.4 is 4.90 Å². The third-order valence-electron chi connectivity index (χ3n) is 9.47. The Labute approximate surface area is 286 Å². The van der Waals surface area contributed by atoms with Gasteiger partial charge in [-0.15, -0.1) is 0 Å². The summed E-state index contributed by atoms with van der Waals surface area (Å²) in [6.07, 6.45) is 4.29. The first-order chi connectivity index (χ1) is 22.7. The van der Waals surface area contributed by atoms with Gasteiger partial charge < -0.3 is 9.47 Å². The minimum absolute atomic E-state index is 0.123. The third kappa shape index (κ3) is 7.64. The molecule has 2 bridgehead atoms. The van der Waals surface area contributed by atoms with Crippen LogP contribution in [0.4, 0.5) is 10.5 Å². The van der Waals surface area contributed by atoms with Crippen LogP contribution in [-0.4, -0.2) is 47.7 Å². The highest BCUT2D eigenvalue weighted by Gasteiger charge is 2.37. The van der Waals surface area contributed by atoms with Crippen molar-refractivity contribution >= 4 is 41.0 Å². The van der Waals surface area contributed by atoms with E-state index in [1.54, 1.807) is 17.0 Å². The number of aryl methyl sites for hydroxylation is 3. The number of carbonyl (C=O) groups excluding carboxylic acids is 2. The lowest BCUT2D eigenvalue weighted by Gasteiger charge is -2.44. The number of carbonyl (C=O) groups is 2. The van der Waals surface area contributed by atoms with Gasteiger partial charge in [0.1, 0.15) is 12.2 Å². The molecule has 3 saturated heterocycles. The molecule has 4 aromatic rings. The van der Waals surface area contributed by atoms with E-state index in [1.165, 1.54) is 12.4 Å². The Balaban J connectivity index is 1.24. The van der Waals surface area contributed by atoms with Crippen LogP contribution in [0.5, 0.6) is 0 Å². The zero-order valence-electron chi connectivity index (χ0n) is 26.9. The molecule has 2 atom stereocenters. The number of nitrogens with zero attached hydrogens (tertiary/aromatic N) is 3. The van der Waals surface area contributed by atoms with Crippen molar-refractivity contribution in [2.45, 2.75) is 58.8 Å². The number of pyridine rings is 1. The molecule has 3 fully saturated rings. The number of hydrogen-bond acceptors (Lipinski definition) is 6. The van der Waals surface area contributed by atoms with Gasteiger partial charge in [0.05, 0.1) is 27.8 Å². The lowest BCUT2D eigenvalue weighted by atomic mass is 9.86. The summed E-state index contributed by atoms with van der Waals surface area (Å²) >= 11 is 13.0. The molecule has 0 aliphatic carbocycles.